The van der Waals surface area contributed by atoms with Crippen LogP contribution >= 0.6 is 0 Å². The summed E-state index contributed by atoms with van der Waals surface area (Å²) in [6.45, 7) is 7.79. The minimum absolute atomic E-state index is 0.434. The van der Waals surface area contributed by atoms with Gasteiger partial charge in [0.05, 0.1) is 11.7 Å². The molecule has 1 aliphatic rings. The number of nitrogens with one attached hydrogen (secondary N) is 1. The molecule has 1 aromatic carbocycles. The summed E-state index contributed by atoms with van der Waals surface area (Å²) >= 11 is 0. The van der Waals surface area contributed by atoms with Crippen molar-refractivity contribution in [2.24, 2.45) is 5.92 Å². The molecule has 1 atom stereocenters. The molecule has 1 aliphatic heterocycles. The van der Waals surface area contributed by atoms with E-state index in [1.807, 2.05) is 26.8 Å². The first kappa shape index (κ1) is 16.0. The molecule has 0 radical (unpaired) electrons. The molecule has 0 bridgehead atoms. The lowest BCUT2D eigenvalue weighted by molar-refractivity contribution is 0.0523. The van der Waals surface area contributed by atoms with Crippen LogP contribution in [0.25, 0.3) is 10.9 Å². The number of fused-ring (bicyclic) bond motifs is 1. The van der Waals surface area contributed by atoms with E-state index >= 15 is 0 Å². The average molecular weight is 315 g/mol. The van der Waals surface area contributed by atoms with Gasteiger partial charge in [0.25, 0.3) is 0 Å². The van der Waals surface area contributed by atoms with Crippen molar-refractivity contribution < 1.29 is 9.53 Å². The lowest BCUT2D eigenvalue weighted by Crippen LogP contribution is -2.30. The molecule has 0 saturated carbocycles. The van der Waals surface area contributed by atoms with E-state index in [9.17, 15) is 4.79 Å². The quantitative estimate of drug-likeness (QED) is 0.923. The monoisotopic (exact) mass is 315 g/mol. The molecule has 3 rings (SSSR count). The van der Waals surface area contributed by atoms with E-state index in [0.29, 0.717) is 5.92 Å². The van der Waals surface area contributed by atoms with Crippen LogP contribution in [0.15, 0.2) is 24.4 Å². The van der Waals surface area contributed by atoms with Crippen molar-refractivity contribution in [3.8, 4) is 0 Å². The molecule has 0 spiro atoms. The lowest BCUT2D eigenvalue weighted by Gasteiger charge is -2.22. The molecule has 1 aromatic heterocycles. The highest BCUT2D eigenvalue weighted by Crippen LogP contribution is 2.21. The zero-order valence-electron chi connectivity index (χ0n) is 14.1. The van der Waals surface area contributed by atoms with Crippen molar-refractivity contribution >= 4 is 17.0 Å². The summed E-state index contributed by atoms with van der Waals surface area (Å²) in [5.74, 6) is 0.696. The summed E-state index contributed by atoms with van der Waals surface area (Å²) in [4.78, 5) is 12.2. The molecule has 1 N–H and O–H groups in total. The van der Waals surface area contributed by atoms with Gasteiger partial charge >= 0.3 is 6.09 Å². The number of ether oxygens (including phenoxy) is 1. The van der Waals surface area contributed by atoms with Gasteiger partial charge in [-0.2, -0.15) is 9.78 Å². The molecular weight excluding hydrogens is 290 g/mol. The van der Waals surface area contributed by atoms with Crippen molar-refractivity contribution in [1.29, 1.82) is 0 Å². The maximum Gasteiger partial charge on any atom is 0.435 e. The standard InChI is InChI=1S/C18H25N3O2/c1-18(2,3)23-17(22)21-16-7-6-13(10-15(16)12-20-21)9-14-5-4-8-19-11-14/h6-7,10,12,14,19H,4-5,8-9,11H2,1-3H3. The fourth-order valence-electron chi connectivity index (χ4n) is 3.09. The van der Waals surface area contributed by atoms with Gasteiger partial charge in [0.1, 0.15) is 5.60 Å². The first-order chi connectivity index (χ1) is 10.9. The highest BCUT2D eigenvalue weighted by atomic mass is 16.6. The summed E-state index contributed by atoms with van der Waals surface area (Å²) in [6.07, 6.45) is 4.91. The second-order valence-corrected chi connectivity index (χ2v) is 7.35. The number of piperidine rings is 1. The number of carbonyl (C=O) groups excluding carboxylic acids is 1. The fraction of sp³-hybridized carbons (Fsp3) is 0.556. The number of nitrogens with zero attached hydrogens (tertiary/aromatic N) is 2. The van der Waals surface area contributed by atoms with Crippen LogP contribution < -0.4 is 5.32 Å². The molecule has 23 heavy (non-hydrogen) atoms. The molecule has 1 unspecified atom stereocenters. The van der Waals surface area contributed by atoms with Crippen LogP contribution in [0.4, 0.5) is 4.79 Å². The number of hydrogen-bond donors (Lipinski definition) is 1. The Morgan fingerprint density at radius 2 is 2.26 bits per heavy atom. The Morgan fingerprint density at radius 3 is 2.96 bits per heavy atom. The van der Waals surface area contributed by atoms with Gasteiger partial charge in [0.2, 0.25) is 0 Å². The van der Waals surface area contributed by atoms with E-state index in [2.05, 4.69) is 22.5 Å². The molecule has 124 valence electrons. The largest absolute Gasteiger partial charge is 0.442 e. The lowest BCUT2D eigenvalue weighted by atomic mass is 9.92. The summed E-state index contributed by atoms with van der Waals surface area (Å²) in [5, 5.41) is 8.64. The second kappa shape index (κ2) is 6.32. The predicted molar refractivity (Wildman–Crippen MR) is 90.7 cm³/mol. The zero-order valence-corrected chi connectivity index (χ0v) is 14.1. The van der Waals surface area contributed by atoms with Gasteiger partial charge in [-0.3, -0.25) is 0 Å². The normalized spacial score (nSPS) is 19.0. The van der Waals surface area contributed by atoms with E-state index in [0.717, 1.165) is 30.4 Å². The highest BCUT2D eigenvalue weighted by Gasteiger charge is 2.20. The van der Waals surface area contributed by atoms with Crippen LogP contribution in [-0.2, 0) is 11.2 Å². The summed E-state index contributed by atoms with van der Waals surface area (Å²) < 4.78 is 6.74. The van der Waals surface area contributed by atoms with Gasteiger partial charge in [-0.15, -0.1) is 0 Å². The molecule has 2 aromatic rings. The maximum absolute atomic E-state index is 12.2. The highest BCUT2D eigenvalue weighted by molar-refractivity contribution is 5.88. The van der Waals surface area contributed by atoms with Crippen molar-refractivity contribution in [2.75, 3.05) is 13.1 Å². The van der Waals surface area contributed by atoms with Gasteiger partial charge in [-0.25, -0.2) is 4.79 Å². The van der Waals surface area contributed by atoms with Crippen molar-refractivity contribution in [1.82, 2.24) is 15.1 Å². The topological polar surface area (TPSA) is 56.2 Å². The summed E-state index contributed by atoms with van der Waals surface area (Å²) in [7, 11) is 0. The van der Waals surface area contributed by atoms with Crippen LogP contribution in [0.5, 0.6) is 0 Å². The molecular formula is C18H25N3O2. The van der Waals surface area contributed by atoms with Crippen LogP contribution in [0, 0.1) is 5.92 Å². The first-order valence-corrected chi connectivity index (χ1v) is 8.33. The van der Waals surface area contributed by atoms with Gasteiger partial charge in [-0.1, -0.05) is 6.07 Å². The van der Waals surface area contributed by atoms with E-state index in [-0.39, 0.29) is 0 Å². The molecule has 1 saturated heterocycles. The summed E-state index contributed by atoms with van der Waals surface area (Å²) in [5.41, 5.74) is 1.57. The fourth-order valence-corrected chi connectivity index (χ4v) is 3.09. The van der Waals surface area contributed by atoms with Crippen LogP contribution in [0.3, 0.4) is 0 Å². The predicted octanol–water partition coefficient (Wildman–Crippen LogP) is 3.36. The van der Waals surface area contributed by atoms with E-state index in [1.165, 1.54) is 23.1 Å². The van der Waals surface area contributed by atoms with Gasteiger partial charge in [0.15, 0.2) is 0 Å². The Hall–Kier alpha value is -1.88. The smallest absolute Gasteiger partial charge is 0.435 e. The van der Waals surface area contributed by atoms with Crippen LogP contribution in [-0.4, -0.2) is 34.6 Å². The summed E-state index contributed by atoms with van der Waals surface area (Å²) in [6, 6.07) is 6.20. The molecule has 5 nitrogen and oxygen atoms in total. The van der Waals surface area contributed by atoms with E-state index in [1.54, 1.807) is 6.20 Å². The molecule has 0 amide bonds. The van der Waals surface area contributed by atoms with Crippen LogP contribution in [0.1, 0.15) is 39.2 Å². The molecule has 2 heterocycles. The number of rotatable bonds is 2. The Kier molecular flexibility index (Phi) is 4.39. The SMILES string of the molecule is CC(C)(C)OC(=O)n1ncc2cc(CC3CCCNC3)ccc21. The van der Waals surface area contributed by atoms with E-state index in [4.69, 9.17) is 4.74 Å². The Balaban J connectivity index is 1.78. The van der Waals surface area contributed by atoms with E-state index < -0.39 is 11.7 Å². The molecule has 5 heteroatoms. The van der Waals surface area contributed by atoms with Gasteiger partial charge in [-0.05, 0) is 76.7 Å². The van der Waals surface area contributed by atoms with Crippen molar-refractivity contribution in [3.63, 3.8) is 0 Å². The Morgan fingerprint density at radius 1 is 1.43 bits per heavy atom. The van der Waals surface area contributed by atoms with Gasteiger partial charge in [0, 0.05) is 5.39 Å². The maximum atomic E-state index is 12.2. The third-order valence-corrected chi connectivity index (χ3v) is 4.12. The Labute approximate surface area is 137 Å². The number of aromatic nitrogens is 2. The minimum Gasteiger partial charge on any atom is -0.442 e. The zero-order chi connectivity index (χ0) is 16.4. The first-order valence-electron chi connectivity index (χ1n) is 8.33. The Bertz CT molecular complexity index is 694. The van der Waals surface area contributed by atoms with Crippen molar-refractivity contribution in [2.45, 2.75) is 45.6 Å². The van der Waals surface area contributed by atoms with Crippen molar-refractivity contribution in [3.05, 3.63) is 30.0 Å². The molecule has 0 aliphatic carbocycles. The number of benzene rings is 1. The number of hydrogen-bond acceptors (Lipinski definition) is 4. The third kappa shape index (κ3) is 3.91. The average Bonchev–Trinajstić information content (AvgIpc) is 2.90. The van der Waals surface area contributed by atoms with Crippen LogP contribution in [0.2, 0.25) is 0 Å². The second-order valence-electron chi connectivity index (χ2n) is 7.35. The van der Waals surface area contributed by atoms with Gasteiger partial charge < -0.3 is 10.1 Å². The number of carbonyl (C=O) groups is 1. The third-order valence-electron chi connectivity index (χ3n) is 4.12. The minimum atomic E-state index is -0.525. The molecule has 1 fully saturated rings.